The maximum Gasteiger partial charge on any atom is 0.335 e. The number of carbonyl (C=O) groups excluding carboxylic acids is 1. The van der Waals surface area contributed by atoms with Crippen LogP contribution >= 0.6 is 0 Å². The van der Waals surface area contributed by atoms with Crippen molar-refractivity contribution in [3.05, 3.63) is 11.1 Å². The molecule has 0 aromatic carbocycles. The van der Waals surface area contributed by atoms with Crippen molar-refractivity contribution < 1.29 is 9.53 Å². The molecule has 0 spiro atoms. The molecule has 2 nitrogen and oxygen atoms in total. The van der Waals surface area contributed by atoms with Gasteiger partial charge in [0.2, 0.25) is 0 Å². The number of cyclic esters (lactones) is 1. The van der Waals surface area contributed by atoms with Crippen LogP contribution < -0.4 is 0 Å². The minimum atomic E-state index is -1.34. The highest BCUT2D eigenvalue weighted by Gasteiger charge is 2.20. The van der Waals surface area contributed by atoms with Crippen molar-refractivity contribution in [2.75, 3.05) is 6.61 Å². The predicted octanol–water partition coefficient (Wildman–Crippen LogP) is 2.13. The zero-order valence-electron chi connectivity index (χ0n) is 9.23. The Balaban J connectivity index is 2.87. The van der Waals surface area contributed by atoms with E-state index in [0.717, 1.165) is 11.1 Å². The van der Waals surface area contributed by atoms with Crippen molar-refractivity contribution in [1.29, 1.82) is 0 Å². The number of carbonyl (C=O) groups is 1. The Hall–Kier alpha value is -1.01. The molecule has 1 fully saturated rings. The fourth-order valence-electron chi connectivity index (χ4n) is 1.13. The quantitative estimate of drug-likeness (QED) is 0.264. The first kappa shape index (κ1) is 11.1. The van der Waals surface area contributed by atoms with Crippen molar-refractivity contribution in [1.82, 2.24) is 0 Å². The lowest BCUT2D eigenvalue weighted by Crippen LogP contribution is -2.16. The Morgan fingerprint density at radius 3 is 2.50 bits per heavy atom. The Labute approximate surface area is 86.3 Å². The second-order valence-electron chi connectivity index (χ2n) is 4.49. The summed E-state index contributed by atoms with van der Waals surface area (Å²) in [5, 5.41) is 0. The highest BCUT2D eigenvalue weighted by molar-refractivity contribution is 6.83. The molecule has 0 saturated carbocycles. The predicted molar refractivity (Wildman–Crippen MR) is 59.4 cm³/mol. The van der Waals surface area contributed by atoms with Gasteiger partial charge in [-0.05, 0) is 6.92 Å². The molecule has 14 heavy (non-hydrogen) atoms. The second-order valence-corrected chi connectivity index (χ2v) is 9.24. The molecule has 3 heteroatoms. The van der Waals surface area contributed by atoms with Crippen molar-refractivity contribution in [3.63, 3.8) is 0 Å². The molecular weight excluding hydrogens is 192 g/mol. The van der Waals surface area contributed by atoms with Gasteiger partial charge in [0.25, 0.3) is 0 Å². The molecule has 0 radical (unpaired) electrons. The van der Waals surface area contributed by atoms with Crippen LogP contribution in [0.3, 0.4) is 0 Å². The highest BCUT2D eigenvalue weighted by Crippen LogP contribution is 2.17. The maximum absolute atomic E-state index is 11.2. The van der Waals surface area contributed by atoms with Gasteiger partial charge in [-0.1, -0.05) is 25.6 Å². The zero-order chi connectivity index (χ0) is 10.8. The van der Waals surface area contributed by atoms with Crippen LogP contribution in [0, 0.1) is 11.5 Å². The number of rotatable bonds is 0. The lowest BCUT2D eigenvalue weighted by Gasteiger charge is -2.03. The van der Waals surface area contributed by atoms with E-state index in [0.29, 0.717) is 13.0 Å². The number of esters is 1. The molecule has 0 aromatic heterocycles. The van der Waals surface area contributed by atoms with Gasteiger partial charge in [-0.15, -0.1) is 5.54 Å². The molecule has 1 aliphatic heterocycles. The molecule has 0 aromatic rings. The first-order chi connectivity index (χ1) is 6.40. The Kier molecular flexibility index (Phi) is 3.17. The molecule has 1 saturated heterocycles. The first-order valence-electron chi connectivity index (χ1n) is 4.80. The highest BCUT2D eigenvalue weighted by atomic mass is 28.3. The minimum Gasteiger partial charge on any atom is -0.462 e. The van der Waals surface area contributed by atoms with Gasteiger partial charge in [0.15, 0.2) is 0 Å². The van der Waals surface area contributed by atoms with E-state index in [4.69, 9.17) is 4.74 Å². The molecule has 0 aliphatic carbocycles. The largest absolute Gasteiger partial charge is 0.462 e. The monoisotopic (exact) mass is 208 g/mol. The van der Waals surface area contributed by atoms with E-state index in [-0.39, 0.29) is 5.97 Å². The van der Waals surface area contributed by atoms with E-state index in [9.17, 15) is 4.79 Å². The molecule has 76 valence electrons. The van der Waals surface area contributed by atoms with Gasteiger partial charge in [0.1, 0.15) is 8.07 Å². The van der Waals surface area contributed by atoms with E-state index in [1.807, 2.05) is 6.92 Å². The fourth-order valence-corrected chi connectivity index (χ4v) is 1.69. The topological polar surface area (TPSA) is 26.3 Å². The van der Waals surface area contributed by atoms with Crippen LogP contribution in [0.25, 0.3) is 0 Å². The van der Waals surface area contributed by atoms with Gasteiger partial charge in [-0.2, -0.15) is 0 Å². The third-order valence-corrected chi connectivity index (χ3v) is 2.78. The maximum atomic E-state index is 11.2. The molecule has 0 bridgehead atoms. The third kappa shape index (κ3) is 3.04. The normalized spacial score (nSPS) is 19.9. The molecular formula is C11H16O2Si. The molecule has 0 N–H and O–H groups in total. The van der Waals surface area contributed by atoms with Crippen LogP contribution in [-0.4, -0.2) is 20.7 Å². The van der Waals surface area contributed by atoms with Gasteiger partial charge >= 0.3 is 5.97 Å². The molecule has 0 amide bonds. The summed E-state index contributed by atoms with van der Waals surface area (Å²) in [6.45, 7) is 8.97. The van der Waals surface area contributed by atoms with Crippen LogP contribution in [0.2, 0.25) is 19.6 Å². The van der Waals surface area contributed by atoms with E-state index in [1.54, 1.807) is 0 Å². The van der Waals surface area contributed by atoms with E-state index >= 15 is 0 Å². The van der Waals surface area contributed by atoms with E-state index < -0.39 is 8.07 Å². The van der Waals surface area contributed by atoms with Crippen LogP contribution in [0.4, 0.5) is 0 Å². The summed E-state index contributed by atoms with van der Waals surface area (Å²) in [6.07, 6.45) is 0.713. The molecule has 1 rings (SSSR count). The summed E-state index contributed by atoms with van der Waals surface area (Å²) in [4.78, 5) is 11.2. The fraction of sp³-hybridized carbons (Fsp3) is 0.545. The molecule has 0 unspecified atom stereocenters. The Morgan fingerprint density at radius 2 is 2.07 bits per heavy atom. The summed E-state index contributed by atoms with van der Waals surface area (Å²) in [6, 6.07) is 0. The van der Waals surface area contributed by atoms with Gasteiger partial charge in [0.05, 0.1) is 12.2 Å². The average molecular weight is 208 g/mol. The van der Waals surface area contributed by atoms with Gasteiger partial charge < -0.3 is 4.74 Å². The van der Waals surface area contributed by atoms with Crippen LogP contribution in [-0.2, 0) is 9.53 Å². The zero-order valence-corrected chi connectivity index (χ0v) is 10.2. The minimum absolute atomic E-state index is 0.188. The number of ether oxygens (including phenoxy) is 1. The SMILES string of the molecule is C/C(C#C[Si](C)(C)C)=C1\CCOC1=O. The summed E-state index contributed by atoms with van der Waals surface area (Å²) in [7, 11) is -1.34. The van der Waals surface area contributed by atoms with E-state index in [1.165, 1.54) is 0 Å². The van der Waals surface area contributed by atoms with Crippen LogP contribution in [0.1, 0.15) is 13.3 Å². The van der Waals surface area contributed by atoms with Crippen molar-refractivity contribution in [2.45, 2.75) is 33.0 Å². The van der Waals surface area contributed by atoms with Gasteiger partial charge in [0, 0.05) is 12.0 Å². The summed E-state index contributed by atoms with van der Waals surface area (Å²) >= 11 is 0. The lowest BCUT2D eigenvalue weighted by atomic mass is 10.1. The molecule has 1 heterocycles. The summed E-state index contributed by atoms with van der Waals surface area (Å²) in [5.41, 5.74) is 4.89. The second kappa shape index (κ2) is 4.01. The van der Waals surface area contributed by atoms with Crippen LogP contribution in [0.5, 0.6) is 0 Å². The number of allylic oxidation sites excluding steroid dienone is 1. The number of hydrogen-bond acceptors (Lipinski definition) is 2. The smallest absolute Gasteiger partial charge is 0.335 e. The number of hydrogen-bond donors (Lipinski definition) is 0. The summed E-state index contributed by atoms with van der Waals surface area (Å²) in [5.74, 6) is 2.90. The lowest BCUT2D eigenvalue weighted by molar-refractivity contribution is -0.135. The first-order valence-corrected chi connectivity index (χ1v) is 8.30. The van der Waals surface area contributed by atoms with Gasteiger partial charge in [-0.25, -0.2) is 4.79 Å². The Morgan fingerprint density at radius 1 is 1.43 bits per heavy atom. The Bertz CT molecular complexity index is 337. The van der Waals surface area contributed by atoms with E-state index in [2.05, 4.69) is 31.1 Å². The average Bonchev–Trinajstić information content (AvgIpc) is 2.46. The van der Waals surface area contributed by atoms with Gasteiger partial charge in [-0.3, -0.25) is 0 Å². The van der Waals surface area contributed by atoms with Crippen molar-refractivity contribution in [2.24, 2.45) is 0 Å². The molecule has 0 atom stereocenters. The van der Waals surface area contributed by atoms with Crippen molar-refractivity contribution in [3.8, 4) is 11.5 Å². The van der Waals surface area contributed by atoms with Crippen molar-refractivity contribution >= 4 is 14.0 Å². The van der Waals surface area contributed by atoms with Crippen LogP contribution in [0.15, 0.2) is 11.1 Å². The summed E-state index contributed by atoms with van der Waals surface area (Å²) < 4.78 is 4.87. The third-order valence-electron chi connectivity index (χ3n) is 1.91. The standard InChI is InChI=1S/C11H16O2Si/c1-9(6-8-14(2,3)4)10-5-7-13-11(10)12/h5,7H2,1-4H3/b10-9-. The molecule has 1 aliphatic rings.